The van der Waals surface area contributed by atoms with Crippen molar-refractivity contribution in [2.75, 3.05) is 13.1 Å². The first-order chi connectivity index (χ1) is 12.7. The van der Waals surface area contributed by atoms with Crippen LogP contribution in [0.4, 0.5) is 4.39 Å². The molecule has 2 aliphatic rings. The smallest absolute Gasteiger partial charge is 0.227 e. The highest BCUT2D eigenvalue weighted by molar-refractivity contribution is 5.79. The van der Waals surface area contributed by atoms with Gasteiger partial charge in [0, 0.05) is 32.0 Å². The van der Waals surface area contributed by atoms with Crippen LogP contribution in [0.5, 0.6) is 0 Å². The van der Waals surface area contributed by atoms with Gasteiger partial charge in [-0.05, 0) is 43.4 Å². The molecule has 26 heavy (non-hydrogen) atoms. The second-order valence-corrected chi connectivity index (χ2v) is 7.42. The highest BCUT2D eigenvalue weighted by atomic mass is 19.1. The molecule has 0 radical (unpaired) electrons. The Morgan fingerprint density at radius 2 is 1.92 bits per heavy atom. The minimum atomic E-state index is -0.272. The normalized spacial score (nSPS) is 20.5. The average molecular weight is 356 g/mol. The number of fused-ring (bicyclic) bond motifs is 1. The highest BCUT2D eigenvalue weighted by Crippen LogP contribution is 2.28. The van der Waals surface area contributed by atoms with Crippen molar-refractivity contribution in [3.8, 4) is 0 Å². The molecule has 2 aliphatic heterocycles. The molecular formula is C20H25FN4O. The molecule has 1 unspecified atom stereocenters. The van der Waals surface area contributed by atoms with Crippen molar-refractivity contribution in [3.63, 3.8) is 0 Å². The van der Waals surface area contributed by atoms with Gasteiger partial charge < -0.3 is 9.47 Å². The first-order valence-corrected chi connectivity index (χ1v) is 9.65. The Bertz CT molecular complexity index is 771. The maximum atomic E-state index is 13.0. The van der Waals surface area contributed by atoms with E-state index in [9.17, 15) is 9.18 Å². The van der Waals surface area contributed by atoms with Crippen LogP contribution in [0.15, 0.2) is 24.3 Å². The molecule has 0 saturated carbocycles. The molecule has 0 aliphatic carbocycles. The second kappa shape index (κ2) is 7.56. The van der Waals surface area contributed by atoms with Crippen molar-refractivity contribution in [2.24, 2.45) is 0 Å². The van der Waals surface area contributed by atoms with Gasteiger partial charge in [-0.1, -0.05) is 18.6 Å². The van der Waals surface area contributed by atoms with Gasteiger partial charge in [0.1, 0.15) is 17.5 Å². The van der Waals surface area contributed by atoms with E-state index in [1.54, 1.807) is 12.1 Å². The number of benzene rings is 1. The molecule has 0 bridgehead atoms. The van der Waals surface area contributed by atoms with Crippen LogP contribution in [-0.2, 0) is 24.2 Å². The molecule has 0 spiro atoms. The minimum Gasteiger partial charge on any atom is -0.342 e. The van der Waals surface area contributed by atoms with Crippen LogP contribution in [0.1, 0.15) is 55.2 Å². The number of hydrogen-bond donors (Lipinski definition) is 0. The third-order valence-electron chi connectivity index (χ3n) is 5.55. The van der Waals surface area contributed by atoms with Crippen molar-refractivity contribution in [1.82, 2.24) is 19.7 Å². The Kier molecular flexibility index (Phi) is 5.00. The summed E-state index contributed by atoms with van der Waals surface area (Å²) in [5.74, 6) is 2.26. The molecule has 1 aromatic carbocycles. The third kappa shape index (κ3) is 3.64. The summed E-state index contributed by atoms with van der Waals surface area (Å²) < 4.78 is 15.3. The number of amides is 1. The lowest BCUT2D eigenvalue weighted by Crippen LogP contribution is -2.40. The average Bonchev–Trinajstić information content (AvgIpc) is 2.92. The molecule has 1 aromatic heterocycles. The lowest BCUT2D eigenvalue weighted by atomic mass is 9.96. The van der Waals surface area contributed by atoms with Crippen LogP contribution in [-0.4, -0.2) is 38.7 Å². The molecule has 5 nitrogen and oxygen atoms in total. The summed E-state index contributed by atoms with van der Waals surface area (Å²) in [6.45, 7) is 2.49. The standard InChI is InChI=1S/C20H25FN4O/c21-17-9-7-15(8-10-17)13-19(26)24-11-4-5-16(14-24)20-23-22-18-6-2-1-3-12-25(18)20/h7-10,16H,1-6,11-14H2. The van der Waals surface area contributed by atoms with Crippen LogP contribution in [0.25, 0.3) is 0 Å². The van der Waals surface area contributed by atoms with E-state index >= 15 is 0 Å². The van der Waals surface area contributed by atoms with E-state index in [1.165, 1.54) is 31.4 Å². The molecular weight excluding hydrogens is 331 g/mol. The van der Waals surface area contributed by atoms with Crippen LogP contribution in [0, 0.1) is 5.82 Å². The molecule has 1 fully saturated rings. The molecule has 3 heterocycles. The van der Waals surface area contributed by atoms with Crippen molar-refractivity contribution < 1.29 is 9.18 Å². The van der Waals surface area contributed by atoms with Gasteiger partial charge in [-0.2, -0.15) is 0 Å². The summed E-state index contributed by atoms with van der Waals surface area (Å²) in [7, 11) is 0. The number of halogens is 1. The van der Waals surface area contributed by atoms with E-state index < -0.39 is 0 Å². The van der Waals surface area contributed by atoms with E-state index in [0.717, 1.165) is 49.6 Å². The van der Waals surface area contributed by atoms with E-state index in [4.69, 9.17) is 0 Å². The molecule has 1 amide bonds. The summed E-state index contributed by atoms with van der Waals surface area (Å²) in [5.41, 5.74) is 0.856. The largest absolute Gasteiger partial charge is 0.342 e. The quantitative estimate of drug-likeness (QED) is 0.849. The number of carbonyl (C=O) groups is 1. The lowest BCUT2D eigenvalue weighted by molar-refractivity contribution is -0.131. The maximum Gasteiger partial charge on any atom is 0.227 e. The zero-order valence-electron chi connectivity index (χ0n) is 15.0. The summed E-state index contributed by atoms with van der Waals surface area (Å²) >= 11 is 0. The zero-order chi connectivity index (χ0) is 17.9. The first-order valence-electron chi connectivity index (χ1n) is 9.65. The first kappa shape index (κ1) is 17.2. The van der Waals surface area contributed by atoms with Gasteiger partial charge in [-0.3, -0.25) is 4.79 Å². The molecule has 1 saturated heterocycles. The van der Waals surface area contributed by atoms with E-state index in [1.807, 2.05) is 4.90 Å². The zero-order valence-corrected chi connectivity index (χ0v) is 15.0. The fourth-order valence-corrected chi connectivity index (χ4v) is 4.11. The number of carbonyl (C=O) groups excluding carboxylic acids is 1. The molecule has 6 heteroatoms. The third-order valence-corrected chi connectivity index (χ3v) is 5.55. The van der Waals surface area contributed by atoms with E-state index in [2.05, 4.69) is 14.8 Å². The summed E-state index contributed by atoms with van der Waals surface area (Å²) in [6, 6.07) is 6.19. The van der Waals surface area contributed by atoms with Crippen LogP contribution < -0.4 is 0 Å². The number of likely N-dealkylation sites (tertiary alicyclic amines) is 1. The number of nitrogens with zero attached hydrogens (tertiary/aromatic N) is 4. The van der Waals surface area contributed by atoms with E-state index in [-0.39, 0.29) is 17.6 Å². The van der Waals surface area contributed by atoms with Crippen molar-refractivity contribution >= 4 is 5.91 Å². The van der Waals surface area contributed by atoms with Gasteiger partial charge in [0.15, 0.2) is 0 Å². The van der Waals surface area contributed by atoms with Gasteiger partial charge >= 0.3 is 0 Å². The number of rotatable bonds is 3. The van der Waals surface area contributed by atoms with Crippen molar-refractivity contribution in [3.05, 3.63) is 47.3 Å². The topological polar surface area (TPSA) is 51.0 Å². The van der Waals surface area contributed by atoms with Crippen LogP contribution in [0.2, 0.25) is 0 Å². The second-order valence-electron chi connectivity index (χ2n) is 7.42. The summed E-state index contributed by atoms with van der Waals surface area (Å²) in [4.78, 5) is 14.6. The molecule has 4 rings (SSSR count). The molecule has 1 atom stereocenters. The fourth-order valence-electron chi connectivity index (χ4n) is 4.11. The van der Waals surface area contributed by atoms with Gasteiger partial charge in [-0.15, -0.1) is 10.2 Å². The SMILES string of the molecule is O=C(Cc1ccc(F)cc1)N1CCCC(c2nnc3n2CCCCC3)C1. The predicted octanol–water partition coefficient (Wildman–Crippen LogP) is 3.09. The molecule has 2 aromatic rings. The Balaban J connectivity index is 1.45. The summed E-state index contributed by atoms with van der Waals surface area (Å²) in [5, 5.41) is 8.90. The molecule has 138 valence electrons. The summed E-state index contributed by atoms with van der Waals surface area (Å²) in [6.07, 6.45) is 6.98. The van der Waals surface area contributed by atoms with Gasteiger partial charge in [0.25, 0.3) is 0 Å². The monoisotopic (exact) mass is 356 g/mol. The number of hydrogen-bond acceptors (Lipinski definition) is 3. The van der Waals surface area contributed by atoms with Gasteiger partial charge in [0.05, 0.1) is 6.42 Å². The van der Waals surface area contributed by atoms with Crippen LogP contribution >= 0.6 is 0 Å². The van der Waals surface area contributed by atoms with Crippen molar-refractivity contribution in [1.29, 1.82) is 0 Å². The minimum absolute atomic E-state index is 0.108. The Hall–Kier alpha value is -2.24. The Labute approximate surface area is 153 Å². The van der Waals surface area contributed by atoms with Crippen molar-refractivity contribution in [2.45, 2.75) is 57.4 Å². The number of aromatic nitrogens is 3. The maximum absolute atomic E-state index is 13.0. The lowest BCUT2D eigenvalue weighted by Gasteiger charge is -2.32. The Morgan fingerprint density at radius 1 is 1.08 bits per heavy atom. The Morgan fingerprint density at radius 3 is 2.77 bits per heavy atom. The predicted molar refractivity (Wildman–Crippen MR) is 96.2 cm³/mol. The molecule has 0 N–H and O–H groups in total. The van der Waals surface area contributed by atoms with Crippen LogP contribution in [0.3, 0.4) is 0 Å². The fraction of sp³-hybridized carbons (Fsp3) is 0.550. The van der Waals surface area contributed by atoms with Gasteiger partial charge in [-0.25, -0.2) is 4.39 Å². The number of aryl methyl sites for hydroxylation is 1. The van der Waals surface area contributed by atoms with E-state index in [0.29, 0.717) is 13.0 Å². The number of piperidine rings is 1. The highest BCUT2D eigenvalue weighted by Gasteiger charge is 2.29. The van der Waals surface area contributed by atoms with Gasteiger partial charge in [0.2, 0.25) is 5.91 Å².